The van der Waals surface area contributed by atoms with Gasteiger partial charge in [0, 0.05) is 0 Å². The predicted octanol–water partition coefficient (Wildman–Crippen LogP) is 2.77. The second-order valence-corrected chi connectivity index (χ2v) is 5.55. The third kappa shape index (κ3) is 3.05. The first-order chi connectivity index (χ1) is 10.3. The van der Waals surface area contributed by atoms with Crippen molar-refractivity contribution in [2.24, 2.45) is 0 Å². The van der Waals surface area contributed by atoms with E-state index in [0.29, 0.717) is 0 Å². The summed E-state index contributed by atoms with van der Waals surface area (Å²) in [5, 5.41) is 5.08. The van der Waals surface area contributed by atoms with Crippen molar-refractivity contribution in [2.75, 3.05) is 0 Å². The van der Waals surface area contributed by atoms with E-state index in [-0.39, 0.29) is 51.4 Å². The first-order valence-corrected chi connectivity index (χ1v) is 7.20. The second kappa shape index (κ2) is 6.65. The fourth-order valence-corrected chi connectivity index (χ4v) is 2.85. The molecule has 0 atom stereocenters. The zero-order valence-electron chi connectivity index (χ0n) is 12.9. The van der Waals surface area contributed by atoms with Gasteiger partial charge in [0.15, 0.2) is 0 Å². The van der Waals surface area contributed by atoms with Crippen LogP contribution in [0.15, 0.2) is 72.8 Å². The van der Waals surface area contributed by atoms with E-state index in [0.717, 1.165) is 0 Å². The number of hydrogen-bond acceptors (Lipinski definition) is 0. The average molecular weight is 306 g/mol. The average Bonchev–Trinajstić information content (AvgIpc) is 2.54. The van der Waals surface area contributed by atoms with E-state index in [4.69, 9.17) is 0 Å². The number of aryl methyl sites for hydroxylation is 1. The third-order valence-electron chi connectivity index (χ3n) is 4.01. The maximum Gasteiger partial charge on any atom is 1.00 e. The molecule has 100 valence electrons. The summed E-state index contributed by atoms with van der Waals surface area (Å²) in [6, 6.07) is 29.1. The van der Waals surface area contributed by atoms with Crippen molar-refractivity contribution in [3.63, 3.8) is 0 Å². The van der Waals surface area contributed by atoms with E-state index in [2.05, 4.69) is 73.7 Å². The van der Waals surface area contributed by atoms with E-state index >= 15 is 0 Å². The van der Waals surface area contributed by atoms with Gasteiger partial charge in [0.05, 0.1) is 0 Å². The molecule has 4 rings (SSSR count). The van der Waals surface area contributed by atoms with Crippen LogP contribution in [0, 0.1) is 13.0 Å². The molecule has 0 aromatic heterocycles. The van der Waals surface area contributed by atoms with E-state index in [1.54, 1.807) is 0 Å². The van der Waals surface area contributed by atoms with Gasteiger partial charge < -0.3 is 0 Å². The van der Waals surface area contributed by atoms with Crippen molar-refractivity contribution >= 4 is 21.5 Å². The number of rotatable bonds is 1. The fraction of sp³-hybridized carbons (Fsp3) is 0.0476. The van der Waals surface area contributed by atoms with Crippen LogP contribution >= 0.6 is 0 Å². The van der Waals surface area contributed by atoms with Gasteiger partial charge in [-0.05, 0) is 34.9 Å². The molecule has 0 spiro atoms. The van der Waals surface area contributed by atoms with Crippen molar-refractivity contribution < 1.29 is 51.4 Å². The van der Waals surface area contributed by atoms with Gasteiger partial charge in [-0.25, -0.2) is 0 Å². The normalized spacial score (nSPS) is 10.6. The number of benzene rings is 4. The topological polar surface area (TPSA) is 0 Å². The quantitative estimate of drug-likeness (QED) is 0.375. The van der Waals surface area contributed by atoms with E-state index in [1.807, 2.05) is 12.1 Å². The molecule has 0 N–H and O–H groups in total. The van der Waals surface area contributed by atoms with Gasteiger partial charge in [-0.2, -0.15) is 24.3 Å². The van der Waals surface area contributed by atoms with Crippen molar-refractivity contribution in [2.45, 2.75) is 6.92 Å². The van der Waals surface area contributed by atoms with Gasteiger partial charge in [-0.1, -0.05) is 48.0 Å². The van der Waals surface area contributed by atoms with Crippen LogP contribution in [0.25, 0.3) is 32.7 Å². The van der Waals surface area contributed by atoms with Gasteiger partial charge >= 0.3 is 51.4 Å². The smallest absolute Gasteiger partial charge is 0.183 e. The van der Waals surface area contributed by atoms with Gasteiger partial charge in [-0.15, -0.1) is 16.8 Å². The number of hydrogen-bond donors (Lipinski definition) is 0. The molecule has 0 saturated heterocycles. The summed E-state index contributed by atoms with van der Waals surface area (Å²) < 4.78 is 0. The molecule has 4 aromatic rings. The Hall–Kier alpha value is -0.964. The standard InChI is InChI=1S/C21H15.K/c1-15-6-7-19-14-21(11-10-18(19)12-15)20-9-8-16-4-2-3-5-17(16)13-20;/h3-14H,1H3;/q-1;+1. The van der Waals surface area contributed by atoms with E-state index in [1.165, 1.54) is 38.2 Å². The molecule has 0 saturated carbocycles. The molecule has 22 heavy (non-hydrogen) atoms. The van der Waals surface area contributed by atoms with Crippen LogP contribution in [0.3, 0.4) is 0 Å². The summed E-state index contributed by atoms with van der Waals surface area (Å²) >= 11 is 0. The Labute approximate surface area is 173 Å². The predicted molar refractivity (Wildman–Crippen MR) is 90.5 cm³/mol. The fourth-order valence-electron chi connectivity index (χ4n) is 2.85. The molecular weight excluding hydrogens is 291 g/mol. The Morgan fingerprint density at radius 2 is 1.23 bits per heavy atom. The molecule has 0 radical (unpaired) electrons. The van der Waals surface area contributed by atoms with Crippen LogP contribution in [0.2, 0.25) is 0 Å². The van der Waals surface area contributed by atoms with E-state index < -0.39 is 0 Å². The van der Waals surface area contributed by atoms with Crippen LogP contribution in [-0.4, -0.2) is 0 Å². The molecule has 0 bridgehead atoms. The second-order valence-electron chi connectivity index (χ2n) is 5.55. The van der Waals surface area contributed by atoms with Crippen LogP contribution in [0.5, 0.6) is 0 Å². The summed E-state index contributed by atoms with van der Waals surface area (Å²) in [5.41, 5.74) is 3.83. The first kappa shape index (κ1) is 15.9. The van der Waals surface area contributed by atoms with Gasteiger partial charge in [0.1, 0.15) is 0 Å². The maximum absolute atomic E-state index is 3.12. The molecule has 0 aliphatic carbocycles. The zero-order valence-corrected chi connectivity index (χ0v) is 16.1. The molecule has 0 aliphatic rings. The molecule has 0 heterocycles. The SMILES string of the molecule is Cc1ccc2cc(-c3ccc4c[c-]ccc4c3)ccc2c1.[K+]. The Kier molecular flexibility index (Phi) is 4.81. The van der Waals surface area contributed by atoms with Crippen molar-refractivity contribution in [1.29, 1.82) is 0 Å². The van der Waals surface area contributed by atoms with Crippen LogP contribution in [-0.2, 0) is 0 Å². The molecule has 0 fully saturated rings. The maximum atomic E-state index is 3.12. The van der Waals surface area contributed by atoms with Crippen molar-refractivity contribution in [3.8, 4) is 11.1 Å². The molecular formula is C21H15K. The molecule has 0 amide bonds. The van der Waals surface area contributed by atoms with Crippen LogP contribution < -0.4 is 51.4 Å². The zero-order chi connectivity index (χ0) is 14.2. The molecule has 0 unspecified atom stereocenters. The van der Waals surface area contributed by atoms with Crippen molar-refractivity contribution in [3.05, 3.63) is 84.4 Å². The Balaban J connectivity index is 0.00000144. The Bertz CT molecular complexity index is 954. The minimum Gasteiger partial charge on any atom is -0.183 e. The molecule has 0 nitrogen and oxygen atoms in total. The summed E-state index contributed by atoms with van der Waals surface area (Å²) in [7, 11) is 0. The van der Waals surface area contributed by atoms with E-state index in [9.17, 15) is 0 Å². The summed E-state index contributed by atoms with van der Waals surface area (Å²) in [6.45, 7) is 2.13. The molecule has 1 heteroatoms. The van der Waals surface area contributed by atoms with Gasteiger partial charge in [-0.3, -0.25) is 0 Å². The number of fused-ring (bicyclic) bond motifs is 2. The van der Waals surface area contributed by atoms with Gasteiger partial charge in [0.25, 0.3) is 0 Å². The largest absolute Gasteiger partial charge is 1.00 e. The van der Waals surface area contributed by atoms with Crippen LogP contribution in [0.1, 0.15) is 5.56 Å². The summed E-state index contributed by atoms with van der Waals surface area (Å²) in [5.74, 6) is 0. The molecule has 0 aliphatic heterocycles. The van der Waals surface area contributed by atoms with Gasteiger partial charge in [0.2, 0.25) is 0 Å². The van der Waals surface area contributed by atoms with Crippen molar-refractivity contribution in [1.82, 2.24) is 0 Å². The minimum absolute atomic E-state index is 0. The first-order valence-electron chi connectivity index (χ1n) is 7.20. The summed E-state index contributed by atoms with van der Waals surface area (Å²) in [4.78, 5) is 0. The Morgan fingerprint density at radius 3 is 2.00 bits per heavy atom. The minimum atomic E-state index is 0. The molecule has 4 aromatic carbocycles. The third-order valence-corrected chi connectivity index (χ3v) is 4.01. The Morgan fingerprint density at radius 1 is 0.636 bits per heavy atom. The van der Waals surface area contributed by atoms with Crippen LogP contribution in [0.4, 0.5) is 0 Å². The summed E-state index contributed by atoms with van der Waals surface area (Å²) in [6.07, 6.45) is 0. The monoisotopic (exact) mass is 306 g/mol.